The zero-order valence-corrected chi connectivity index (χ0v) is 23.0. The van der Waals surface area contributed by atoms with Crippen molar-refractivity contribution < 1.29 is 33.7 Å². The normalized spacial score (nSPS) is 48.0. The van der Waals surface area contributed by atoms with Gasteiger partial charge in [-0.2, -0.15) is 0 Å². The number of hydrogen-bond acceptors (Lipinski definition) is 6. The fourth-order valence-corrected chi connectivity index (χ4v) is 9.78. The number of fused-ring (bicyclic) bond motifs is 2. The second-order valence-electron chi connectivity index (χ2n) is 12.8. The van der Waals surface area contributed by atoms with Crippen molar-refractivity contribution in [3.8, 4) is 0 Å². The molecule has 0 radical (unpaired) electrons. The molecule has 0 aromatic heterocycles. The zero-order chi connectivity index (χ0) is 26.9. The fourth-order valence-electron chi connectivity index (χ4n) is 9.78. The summed E-state index contributed by atoms with van der Waals surface area (Å²) in [6.07, 6.45) is 5.68. The van der Waals surface area contributed by atoms with E-state index < -0.39 is 28.5 Å². The molecule has 3 saturated carbocycles. The molecule has 8 nitrogen and oxygen atoms in total. The molecule has 8 heteroatoms. The van der Waals surface area contributed by atoms with Gasteiger partial charge in [0.15, 0.2) is 6.29 Å². The Balaban J connectivity index is 1.52. The van der Waals surface area contributed by atoms with E-state index in [1.807, 2.05) is 20.8 Å². The molecule has 1 amide bonds. The van der Waals surface area contributed by atoms with E-state index in [0.29, 0.717) is 24.7 Å². The van der Waals surface area contributed by atoms with E-state index in [2.05, 4.69) is 18.3 Å². The van der Waals surface area contributed by atoms with Gasteiger partial charge in [-0.3, -0.25) is 9.59 Å². The molecule has 0 aromatic rings. The number of carboxylic acids is 1. The molecular formula is C29H43NO7. The van der Waals surface area contributed by atoms with Crippen LogP contribution in [0.2, 0.25) is 0 Å². The monoisotopic (exact) mass is 517 g/mol. The van der Waals surface area contributed by atoms with Crippen LogP contribution in [0.4, 0.5) is 0 Å². The van der Waals surface area contributed by atoms with Crippen molar-refractivity contribution in [3.63, 3.8) is 0 Å². The number of aliphatic carboxylic acids is 1. The third kappa shape index (κ3) is 3.40. The predicted molar refractivity (Wildman–Crippen MR) is 135 cm³/mol. The van der Waals surface area contributed by atoms with E-state index >= 15 is 0 Å². The van der Waals surface area contributed by atoms with E-state index in [9.17, 15) is 19.5 Å². The second kappa shape index (κ2) is 9.16. The van der Waals surface area contributed by atoms with Gasteiger partial charge in [-0.15, -0.1) is 0 Å². The van der Waals surface area contributed by atoms with Gasteiger partial charge in [-0.25, -0.2) is 0 Å². The van der Waals surface area contributed by atoms with Crippen LogP contribution < -0.4 is 5.32 Å². The Labute approximate surface area is 219 Å². The lowest BCUT2D eigenvalue weighted by Gasteiger charge is -2.58. The summed E-state index contributed by atoms with van der Waals surface area (Å²) in [6, 6.07) is -0.272. The third-order valence-electron chi connectivity index (χ3n) is 11.0. The van der Waals surface area contributed by atoms with Crippen molar-refractivity contribution in [2.45, 2.75) is 91.3 Å². The molecule has 2 N–H and O–H groups in total. The van der Waals surface area contributed by atoms with Crippen LogP contribution in [-0.2, 0) is 28.6 Å². The second-order valence-corrected chi connectivity index (χ2v) is 12.8. The van der Waals surface area contributed by atoms with Gasteiger partial charge in [0.05, 0.1) is 24.2 Å². The molecule has 1 aliphatic heterocycles. The highest BCUT2D eigenvalue weighted by Crippen LogP contribution is 2.82. The molecule has 4 bridgehead atoms. The van der Waals surface area contributed by atoms with Crippen molar-refractivity contribution >= 4 is 18.2 Å². The quantitative estimate of drug-likeness (QED) is 0.374. The summed E-state index contributed by atoms with van der Waals surface area (Å²) in [7, 11) is 1.60. The Hall–Kier alpha value is -1.77. The van der Waals surface area contributed by atoms with Crippen LogP contribution in [0.15, 0.2) is 11.6 Å². The zero-order valence-electron chi connectivity index (χ0n) is 23.0. The highest BCUT2D eigenvalue weighted by molar-refractivity contribution is 5.90. The average molecular weight is 518 g/mol. The first kappa shape index (κ1) is 26.8. The molecule has 5 rings (SSSR count). The van der Waals surface area contributed by atoms with Gasteiger partial charge in [0.1, 0.15) is 17.8 Å². The van der Waals surface area contributed by atoms with Gasteiger partial charge in [-0.05, 0) is 55.8 Å². The maximum atomic E-state index is 13.6. The van der Waals surface area contributed by atoms with Gasteiger partial charge in [0.25, 0.3) is 0 Å². The minimum Gasteiger partial charge on any atom is -0.481 e. The van der Waals surface area contributed by atoms with E-state index in [4.69, 9.17) is 14.2 Å². The molecule has 5 aliphatic rings. The number of carbonyl (C=O) groups excluding carboxylic acids is 2. The Morgan fingerprint density at radius 2 is 2.00 bits per heavy atom. The number of aldehydes is 1. The van der Waals surface area contributed by atoms with Crippen LogP contribution in [0.1, 0.15) is 66.7 Å². The smallest absolute Gasteiger partial charge is 0.315 e. The number of hydrogen-bond donors (Lipinski definition) is 2. The lowest BCUT2D eigenvalue weighted by molar-refractivity contribution is -0.251. The van der Waals surface area contributed by atoms with E-state index in [1.165, 1.54) is 6.92 Å². The molecule has 0 spiro atoms. The molecule has 11 atom stereocenters. The molecule has 0 aromatic carbocycles. The summed E-state index contributed by atoms with van der Waals surface area (Å²) in [5, 5.41) is 14.1. The number of carbonyl (C=O) groups is 3. The Morgan fingerprint density at radius 3 is 2.59 bits per heavy atom. The summed E-state index contributed by atoms with van der Waals surface area (Å²) in [6.45, 7) is 9.94. The summed E-state index contributed by atoms with van der Waals surface area (Å²) in [4.78, 5) is 38.6. The molecule has 4 fully saturated rings. The number of ether oxygens (including phenoxy) is 3. The van der Waals surface area contributed by atoms with Gasteiger partial charge in [0.2, 0.25) is 5.91 Å². The molecule has 7 unspecified atom stereocenters. The standard InChI is InChI=1S/C29H43NO7/c1-15(2)22-9-19-11-27(13-31)21-8-7-16(3)20(21)12-28(19,29(22,27)26(33)34)14-36-24-10-23(30-18(5)32)25(35-6)17(4)37-24/h9,13,15-17,19-21,23-25H,7-8,10-12,14H2,1-6H3,(H,30,32)(H,33,34)/t16?,17-,19?,20?,21?,23+,24-,25-,27?,28?,29?/m1/s1. The largest absolute Gasteiger partial charge is 0.481 e. The number of rotatable bonds is 8. The Kier molecular flexibility index (Phi) is 6.64. The van der Waals surface area contributed by atoms with Crippen LogP contribution in [-0.4, -0.2) is 61.5 Å². The summed E-state index contributed by atoms with van der Waals surface area (Å²) in [5.74, 6) is -0.179. The third-order valence-corrected chi connectivity index (χ3v) is 11.0. The van der Waals surface area contributed by atoms with Gasteiger partial charge < -0.3 is 29.4 Å². The maximum Gasteiger partial charge on any atom is 0.315 e. The van der Waals surface area contributed by atoms with Crippen LogP contribution in [0.3, 0.4) is 0 Å². The van der Waals surface area contributed by atoms with Crippen LogP contribution in [0, 0.1) is 45.8 Å². The minimum absolute atomic E-state index is 0.0213. The molecule has 4 aliphatic carbocycles. The lowest BCUT2D eigenvalue weighted by Crippen LogP contribution is -2.64. The summed E-state index contributed by atoms with van der Waals surface area (Å²) < 4.78 is 18.3. The molecular weight excluding hydrogens is 474 g/mol. The first-order valence-electron chi connectivity index (χ1n) is 14.0. The van der Waals surface area contributed by atoms with Crippen molar-refractivity contribution in [2.75, 3.05) is 13.7 Å². The highest BCUT2D eigenvalue weighted by atomic mass is 16.7. The molecule has 206 valence electrons. The van der Waals surface area contributed by atoms with Crippen molar-refractivity contribution in [1.29, 1.82) is 0 Å². The average Bonchev–Trinajstić information content (AvgIpc) is 3.39. The summed E-state index contributed by atoms with van der Waals surface area (Å²) >= 11 is 0. The van der Waals surface area contributed by atoms with Gasteiger partial charge >= 0.3 is 5.97 Å². The van der Waals surface area contributed by atoms with E-state index in [0.717, 1.165) is 31.1 Å². The number of amides is 1. The first-order valence-corrected chi connectivity index (χ1v) is 14.0. The topological polar surface area (TPSA) is 111 Å². The highest BCUT2D eigenvalue weighted by Gasteiger charge is 2.84. The SMILES string of the molecule is CO[C@H]1[C@@H](NC(C)=O)C[C@H](OCC23CC4C(C)CCC4C4(C=O)CC2C=C(C(C)C)C43C(=O)O)O[C@@H]1C. The fraction of sp³-hybridized carbons (Fsp3) is 0.828. The molecule has 1 heterocycles. The number of methoxy groups -OCH3 is 1. The van der Waals surface area contributed by atoms with Crippen LogP contribution in [0.5, 0.6) is 0 Å². The van der Waals surface area contributed by atoms with Crippen LogP contribution in [0.25, 0.3) is 0 Å². The Bertz CT molecular complexity index is 995. The van der Waals surface area contributed by atoms with E-state index in [1.54, 1.807) is 7.11 Å². The van der Waals surface area contributed by atoms with Gasteiger partial charge in [-0.1, -0.05) is 38.8 Å². The molecule has 37 heavy (non-hydrogen) atoms. The maximum absolute atomic E-state index is 13.6. The molecule has 1 saturated heterocycles. The lowest BCUT2D eigenvalue weighted by atomic mass is 9.43. The van der Waals surface area contributed by atoms with Crippen molar-refractivity contribution in [3.05, 3.63) is 11.6 Å². The number of nitrogens with one attached hydrogen (secondary N) is 1. The van der Waals surface area contributed by atoms with Crippen LogP contribution >= 0.6 is 0 Å². The van der Waals surface area contributed by atoms with Crippen molar-refractivity contribution in [1.82, 2.24) is 5.32 Å². The number of allylic oxidation sites excluding steroid dienone is 1. The first-order chi connectivity index (χ1) is 17.5. The predicted octanol–water partition coefficient (Wildman–Crippen LogP) is 3.58. The summed E-state index contributed by atoms with van der Waals surface area (Å²) in [5.41, 5.74) is -1.97. The van der Waals surface area contributed by atoms with E-state index in [-0.39, 0.29) is 48.5 Å². The van der Waals surface area contributed by atoms with Crippen molar-refractivity contribution in [2.24, 2.45) is 45.8 Å². The number of carboxylic acid groups (broad SMARTS) is 1. The minimum atomic E-state index is -1.27. The van der Waals surface area contributed by atoms with Gasteiger partial charge in [0, 0.05) is 25.9 Å². The Morgan fingerprint density at radius 1 is 1.27 bits per heavy atom.